The van der Waals surface area contributed by atoms with E-state index in [9.17, 15) is 4.79 Å². The zero-order valence-corrected chi connectivity index (χ0v) is 16.2. The van der Waals surface area contributed by atoms with E-state index in [-0.39, 0.29) is 18.6 Å². The van der Waals surface area contributed by atoms with E-state index in [0.717, 1.165) is 35.4 Å². The van der Waals surface area contributed by atoms with Crippen LogP contribution < -0.4 is 9.47 Å². The normalized spacial score (nSPS) is 17.7. The number of hydrogen-bond donors (Lipinski definition) is 1. The van der Waals surface area contributed by atoms with Crippen LogP contribution in [0.25, 0.3) is 10.9 Å². The largest absolute Gasteiger partial charge is 0.454 e. The second-order valence-electron chi connectivity index (χ2n) is 7.58. The second-order valence-corrected chi connectivity index (χ2v) is 7.58. The molecular weight excluding hydrogens is 368 g/mol. The number of nitrogens with zero attached hydrogens (tertiary/aromatic N) is 1. The van der Waals surface area contributed by atoms with Gasteiger partial charge >= 0.3 is 0 Å². The molecule has 3 aromatic rings. The first-order valence-corrected chi connectivity index (χ1v) is 10.1. The van der Waals surface area contributed by atoms with Crippen LogP contribution in [0.15, 0.2) is 48.7 Å². The van der Waals surface area contributed by atoms with Crippen molar-refractivity contribution in [3.63, 3.8) is 0 Å². The second kappa shape index (κ2) is 7.79. The van der Waals surface area contributed by atoms with Crippen LogP contribution in [0.5, 0.6) is 11.5 Å². The lowest BCUT2D eigenvalue weighted by Gasteiger charge is -2.26. The van der Waals surface area contributed by atoms with Crippen LogP contribution in [0.3, 0.4) is 0 Å². The molecule has 150 valence electrons. The number of amides is 1. The quantitative estimate of drug-likeness (QED) is 0.697. The van der Waals surface area contributed by atoms with Crippen LogP contribution in [-0.2, 0) is 22.5 Å². The van der Waals surface area contributed by atoms with Crippen molar-refractivity contribution in [2.75, 3.05) is 26.6 Å². The fraction of sp³-hybridized carbons (Fsp3) is 0.348. The summed E-state index contributed by atoms with van der Waals surface area (Å²) in [7, 11) is 0. The molecule has 1 aromatic heterocycles. The van der Waals surface area contributed by atoms with Gasteiger partial charge in [0.15, 0.2) is 11.5 Å². The smallest absolute Gasteiger partial charge is 0.231 e. The Morgan fingerprint density at radius 2 is 2.03 bits per heavy atom. The number of para-hydroxylation sites is 2. The molecule has 1 N–H and O–H groups in total. The number of nitrogens with one attached hydrogen (secondary N) is 1. The van der Waals surface area contributed by atoms with Gasteiger partial charge in [-0.25, -0.2) is 0 Å². The molecule has 2 aliphatic rings. The lowest BCUT2D eigenvalue weighted by atomic mass is 10.0. The lowest BCUT2D eigenvalue weighted by molar-refractivity contribution is -0.136. The minimum absolute atomic E-state index is 0.0631. The van der Waals surface area contributed by atoms with Crippen molar-refractivity contribution in [2.45, 2.75) is 19.4 Å². The average molecular weight is 392 g/mol. The Bertz CT molecular complexity index is 1020. The molecule has 0 radical (unpaired) electrons. The first-order valence-electron chi connectivity index (χ1n) is 10.1. The maximum Gasteiger partial charge on any atom is 0.231 e. The van der Waals surface area contributed by atoms with E-state index in [2.05, 4.69) is 17.1 Å². The number of benzene rings is 2. The molecule has 1 fully saturated rings. The molecule has 2 aromatic carbocycles. The Hall–Kier alpha value is -2.99. The number of rotatable bonds is 6. The van der Waals surface area contributed by atoms with E-state index in [1.54, 1.807) is 0 Å². The molecule has 0 saturated carbocycles. The fourth-order valence-electron chi connectivity index (χ4n) is 4.17. The highest BCUT2D eigenvalue weighted by atomic mass is 16.7. The molecule has 6 nitrogen and oxygen atoms in total. The van der Waals surface area contributed by atoms with Crippen molar-refractivity contribution in [2.24, 2.45) is 5.92 Å². The predicted molar refractivity (Wildman–Crippen MR) is 109 cm³/mol. The number of hydrogen-bond acceptors (Lipinski definition) is 4. The van der Waals surface area contributed by atoms with Crippen LogP contribution in [0, 0.1) is 5.92 Å². The molecule has 3 heterocycles. The molecule has 1 amide bonds. The zero-order chi connectivity index (χ0) is 19.6. The molecule has 0 unspecified atom stereocenters. The fourth-order valence-corrected chi connectivity index (χ4v) is 4.17. The molecule has 0 aliphatic carbocycles. The van der Waals surface area contributed by atoms with Crippen LogP contribution >= 0.6 is 0 Å². The minimum Gasteiger partial charge on any atom is -0.454 e. The molecule has 1 atom stereocenters. The number of carbonyl (C=O) groups is 1. The Balaban J connectivity index is 1.38. The monoisotopic (exact) mass is 392 g/mol. The summed E-state index contributed by atoms with van der Waals surface area (Å²) in [5.74, 6) is 1.58. The van der Waals surface area contributed by atoms with E-state index in [1.807, 2.05) is 41.4 Å². The van der Waals surface area contributed by atoms with E-state index >= 15 is 0 Å². The van der Waals surface area contributed by atoms with Crippen molar-refractivity contribution in [3.05, 3.63) is 59.8 Å². The number of aromatic nitrogens is 1. The number of fused-ring (bicyclic) bond motifs is 2. The van der Waals surface area contributed by atoms with Gasteiger partial charge in [0.25, 0.3) is 0 Å². The average Bonchev–Trinajstić information content (AvgIpc) is 3.51. The summed E-state index contributed by atoms with van der Waals surface area (Å²) in [6.07, 6.45) is 3.62. The van der Waals surface area contributed by atoms with Gasteiger partial charge in [0, 0.05) is 42.4 Å². The molecule has 1 saturated heterocycles. The highest BCUT2D eigenvalue weighted by Gasteiger charge is 2.29. The van der Waals surface area contributed by atoms with Gasteiger partial charge in [0.2, 0.25) is 12.7 Å². The maximum absolute atomic E-state index is 13.2. The third kappa shape index (κ3) is 3.56. The predicted octanol–water partition coefficient (Wildman–Crippen LogP) is 3.50. The molecular formula is C23H24N2O4. The van der Waals surface area contributed by atoms with Gasteiger partial charge in [0.05, 0.1) is 12.5 Å². The highest BCUT2D eigenvalue weighted by Crippen LogP contribution is 2.36. The molecule has 6 heteroatoms. The summed E-state index contributed by atoms with van der Waals surface area (Å²) in [5.41, 5.74) is 3.32. The summed E-state index contributed by atoms with van der Waals surface area (Å²) >= 11 is 0. The van der Waals surface area contributed by atoms with Crippen LogP contribution in [0.4, 0.5) is 0 Å². The first-order chi connectivity index (χ1) is 14.3. The van der Waals surface area contributed by atoms with E-state index in [1.165, 1.54) is 10.9 Å². The van der Waals surface area contributed by atoms with E-state index in [0.29, 0.717) is 26.3 Å². The van der Waals surface area contributed by atoms with Crippen LogP contribution in [-0.4, -0.2) is 42.3 Å². The first kappa shape index (κ1) is 18.1. The Labute approximate surface area is 169 Å². The van der Waals surface area contributed by atoms with Crippen molar-refractivity contribution in [3.8, 4) is 11.5 Å². The number of H-pyrrole nitrogens is 1. The summed E-state index contributed by atoms with van der Waals surface area (Å²) < 4.78 is 16.6. The molecule has 0 spiro atoms. The van der Waals surface area contributed by atoms with Crippen molar-refractivity contribution in [1.82, 2.24) is 9.88 Å². The number of aromatic amines is 1. The molecule has 5 rings (SSSR count). The van der Waals surface area contributed by atoms with Gasteiger partial charge in [-0.2, -0.15) is 0 Å². The third-order valence-electron chi connectivity index (χ3n) is 5.76. The molecule has 0 bridgehead atoms. The van der Waals surface area contributed by atoms with Crippen molar-refractivity contribution >= 4 is 16.8 Å². The maximum atomic E-state index is 13.2. The van der Waals surface area contributed by atoms with Gasteiger partial charge in [-0.1, -0.05) is 30.3 Å². The number of carbonyl (C=O) groups excluding carboxylic acids is 1. The van der Waals surface area contributed by atoms with Crippen LogP contribution in [0.2, 0.25) is 0 Å². The van der Waals surface area contributed by atoms with Gasteiger partial charge in [-0.3, -0.25) is 4.79 Å². The molecule has 2 aliphatic heterocycles. The van der Waals surface area contributed by atoms with Crippen molar-refractivity contribution < 1.29 is 19.0 Å². The minimum atomic E-state index is -0.0631. The highest BCUT2D eigenvalue weighted by molar-refractivity contribution is 5.83. The van der Waals surface area contributed by atoms with Crippen molar-refractivity contribution in [1.29, 1.82) is 0 Å². The Morgan fingerprint density at radius 3 is 2.93 bits per heavy atom. The van der Waals surface area contributed by atoms with Gasteiger partial charge in [0.1, 0.15) is 0 Å². The van der Waals surface area contributed by atoms with Gasteiger partial charge in [-0.15, -0.1) is 0 Å². The number of ether oxygens (including phenoxy) is 3. The Kier molecular flexibility index (Phi) is 4.86. The van der Waals surface area contributed by atoms with E-state index in [4.69, 9.17) is 14.2 Å². The van der Waals surface area contributed by atoms with E-state index < -0.39 is 0 Å². The zero-order valence-electron chi connectivity index (χ0n) is 16.2. The third-order valence-corrected chi connectivity index (χ3v) is 5.76. The summed E-state index contributed by atoms with van der Waals surface area (Å²) in [4.78, 5) is 18.5. The topological polar surface area (TPSA) is 63.8 Å². The Morgan fingerprint density at radius 1 is 1.10 bits per heavy atom. The summed E-state index contributed by atoms with van der Waals surface area (Å²) in [5, 5.41) is 1.21. The summed E-state index contributed by atoms with van der Waals surface area (Å²) in [6, 6.07) is 14.1. The lowest BCUT2D eigenvalue weighted by Crippen LogP contribution is -2.37. The molecule has 29 heavy (non-hydrogen) atoms. The summed E-state index contributed by atoms with van der Waals surface area (Å²) in [6.45, 7) is 2.54. The van der Waals surface area contributed by atoms with Gasteiger partial charge < -0.3 is 24.1 Å². The SMILES string of the molecule is O=C([C@@H]1CCOC1)N(CCc1c[nH]c2ccccc12)Cc1cccc2c1OCO2. The standard InChI is InChI=1S/C23H24N2O4/c26-23(18-9-11-27-14-18)25(13-17-4-3-7-21-22(17)29-15-28-21)10-8-16-12-24-20-6-2-1-5-19(16)20/h1-7,12,18,24H,8-11,13-15H2/t18-/m1/s1. The van der Waals surface area contributed by atoms with Crippen LogP contribution in [0.1, 0.15) is 17.5 Å². The van der Waals surface area contributed by atoms with Gasteiger partial charge in [-0.05, 0) is 30.5 Å².